The average molecular weight is 349 g/mol. The molecule has 0 aliphatic carbocycles. The number of aryl methyl sites for hydroxylation is 2. The summed E-state index contributed by atoms with van der Waals surface area (Å²) in [5.41, 5.74) is 1.11. The molecule has 1 aromatic heterocycles. The van der Waals surface area contributed by atoms with E-state index < -0.39 is 11.7 Å². The zero-order chi connectivity index (χ0) is 14.2. The molecule has 0 saturated heterocycles. The molecule has 2 rings (SSSR count). The van der Waals surface area contributed by atoms with Gasteiger partial charge in [-0.15, -0.1) is 11.3 Å². The topological polar surface area (TPSA) is 0 Å². The Bertz CT molecular complexity index is 587. The minimum absolute atomic E-state index is 0.200. The molecule has 0 aliphatic heterocycles. The maximum absolute atomic E-state index is 12.7. The molecule has 1 atom stereocenters. The molecule has 0 radical (unpaired) electrons. The van der Waals surface area contributed by atoms with Crippen molar-refractivity contribution in [2.24, 2.45) is 0 Å². The van der Waals surface area contributed by atoms with Crippen LogP contribution in [0, 0.1) is 13.8 Å². The fourth-order valence-corrected chi connectivity index (χ4v) is 3.90. The molecule has 2 aromatic rings. The molecule has 102 valence electrons. The van der Waals surface area contributed by atoms with E-state index in [1.807, 2.05) is 19.9 Å². The minimum atomic E-state index is -4.30. The fourth-order valence-electron chi connectivity index (χ4n) is 1.94. The summed E-state index contributed by atoms with van der Waals surface area (Å²) in [7, 11) is 0. The Morgan fingerprint density at radius 3 is 2.37 bits per heavy atom. The van der Waals surface area contributed by atoms with Gasteiger partial charge in [0.2, 0.25) is 0 Å². The first kappa shape index (κ1) is 14.6. The summed E-state index contributed by atoms with van der Waals surface area (Å²) in [6.45, 7) is 3.97. The van der Waals surface area contributed by atoms with Crippen LogP contribution in [0.5, 0.6) is 0 Å². The van der Waals surface area contributed by atoms with E-state index in [0.717, 1.165) is 21.4 Å². The quantitative estimate of drug-likeness (QED) is 0.595. The number of hydrogen-bond donors (Lipinski definition) is 0. The third-order valence-corrected chi connectivity index (χ3v) is 5.32. The number of rotatable bonds is 2. The van der Waals surface area contributed by atoms with Crippen molar-refractivity contribution in [2.45, 2.75) is 24.9 Å². The summed E-state index contributed by atoms with van der Waals surface area (Å²) in [4.78, 5) is 2.01. The molecule has 0 bridgehead atoms. The maximum atomic E-state index is 12.7. The summed E-state index contributed by atoms with van der Waals surface area (Å²) in [5.74, 6) is 0. The molecule has 0 amide bonds. The Kier molecular flexibility index (Phi) is 4.06. The largest absolute Gasteiger partial charge is 0.416 e. The van der Waals surface area contributed by atoms with Gasteiger partial charge in [0.1, 0.15) is 0 Å². The van der Waals surface area contributed by atoms with Crippen LogP contribution in [0.2, 0.25) is 0 Å². The van der Waals surface area contributed by atoms with Gasteiger partial charge in [-0.3, -0.25) is 0 Å². The predicted octanol–water partition coefficient (Wildman–Crippen LogP) is 5.87. The maximum Gasteiger partial charge on any atom is 0.416 e. The van der Waals surface area contributed by atoms with Gasteiger partial charge in [0, 0.05) is 9.75 Å². The second kappa shape index (κ2) is 5.29. The van der Waals surface area contributed by atoms with E-state index >= 15 is 0 Å². The molecule has 1 heterocycles. The monoisotopic (exact) mass is 348 g/mol. The van der Waals surface area contributed by atoms with Crippen LogP contribution in [-0.2, 0) is 6.18 Å². The van der Waals surface area contributed by atoms with Crippen LogP contribution in [0.3, 0.4) is 0 Å². The van der Waals surface area contributed by atoms with Crippen molar-refractivity contribution < 1.29 is 13.2 Å². The molecule has 19 heavy (non-hydrogen) atoms. The van der Waals surface area contributed by atoms with Crippen LogP contribution >= 0.6 is 27.3 Å². The first-order valence-corrected chi connectivity index (χ1v) is 7.40. The second-order valence-corrected chi connectivity index (χ2v) is 6.59. The van der Waals surface area contributed by atoms with Crippen LogP contribution in [0.1, 0.15) is 31.3 Å². The summed E-state index contributed by atoms with van der Waals surface area (Å²) < 4.78 is 38.1. The van der Waals surface area contributed by atoms with Crippen LogP contribution in [0.25, 0.3) is 0 Å². The van der Waals surface area contributed by atoms with E-state index in [1.165, 1.54) is 12.1 Å². The SMILES string of the molecule is Cc1cc(C)c(C(Br)c2cccc(C(F)(F)F)c2)s1. The molecule has 1 aromatic carbocycles. The Morgan fingerprint density at radius 2 is 1.84 bits per heavy atom. The summed E-state index contributed by atoms with van der Waals surface area (Å²) >= 11 is 5.10. The van der Waals surface area contributed by atoms with Gasteiger partial charge in [0.25, 0.3) is 0 Å². The number of hydrogen-bond acceptors (Lipinski definition) is 1. The van der Waals surface area contributed by atoms with Gasteiger partial charge >= 0.3 is 6.18 Å². The third-order valence-electron chi connectivity index (χ3n) is 2.82. The van der Waals surface area contributed by atoms with Gasteiger partial charge in [-0.1, -0.05) is 34.1 Å². The van der Waals surface area contributed by atoms with E-state index in [0.29, 0.717) is 5.56 Å². The molecule has 0 saturated carbocycles. The number of thiophene rings is 1. The smallest absolute Gasteiger partial charge is 0.166 e. The minimum Gasteiger partial charge on any atom is -0.166 e. The van der Waals surface area contributed by atoms with Gasteiger partial charge in [-0.05, 0) is 37.1 Å². The first-order valence-electron chi connectivity index (χ1n) is 5.67. The van der Waals surface area contributed by atoms with Gasteiger partial charge < -0.3 is 0 Å². The van der Waals surface area contributed by atoms with Crippen LogP contribution in [0.4, 0.5) is 13.2 Å². The van der Waals surface area contributed by atoms with Crippen molar-refractivity contribution in [3.8, 4) is 0 Å². The molecular weight excluding hydrogens is 337 g/mol. The summed E-state index contributed by atoms with van der Waals surface area (Å²) in [5, 5.41) is 0. The summed E-state index contributed by atoms with van der Waals surface area (Å²) in [6, 6.07) is 7.50. The van der Waals surface area contributed by atoms with E-state index in [2.05, 4.69) is 15.9 Å². The van der Waals surface area contributed by atoms with Crippen LogP contribution in [0.15, 0.2) is 30.3 Å². The standard InChI is InChI=1S/C14H12BrF3S/c1-8-6-9(2)19-13(8)12(15)10-4-3-5-11(7-10)14(16,17)18/h3-7,12H,1-2H3. The highest BCUT2D eigenvalue weighted by molar-refractivity contribution is 9.09. The lowest BCUT2D eigenvalue weighted by atomic mass is 10.1. The lowest BCUT2D eigenvalue weighted by molar-refractivity contribution is -0.137. The van der Waals surface area contributed by atoms with Gasteiger partial charge in [-0.25, -0.2) is 0 Å². The van der Waals surface area contributed by atoms with Crippen molar-refractivity contribution >= 4 is 27.3 Å². The number of halogens is 4. The molecule has 0 N–H and O–H groups in total. The normalized spacial score (nSPS) is 13.6. The zero-order valence-electron chi connectivity index (χ0n) is 10.4. The van der Waals surface area contributed by atoms with Gasteiger partial charge in [-0.2, -0.15) is 13.2 Å². The van der Waals surface area contributed by atoms with Crippen LogP contribution in [-0.4, -0.2) is 0 Å². The zero-order valence-corrected chi connectivity index (χ0v) is 12.8. The third kappa shape index (κ3) is 3.20. The first-order chi connectivity index (χ1) is 8.79. The Balaban J connectivity index is 2.39. The van der Waals surface area contributed by atoms with E-state index in [4.69, 9.17) is 0 Å². The molecule has 0 nitrogen and oxygen atoms in total. The molecule has 0 fully saturated rings. The molecule has 0 spiro atoms. The van der Waals surface area contributed by atoms with Gasteiger partial charge in [0.15, 0.2) is 0 Å². The highest BCUT2D eigenvalue weighted by Crippen LogP contribution is 2.39. The lowest BCUT2D eigenvalue weighted by Crippen LogP contribution is -2.05. The molecule has 0 aliphatic rings. The van der Waals surface area contributed by atoms with Crippen molar-refractivity contribution in [1.29, 1.82) is 0 Å². The van der Waals surface area contributed by atoms with Crippen molar-refractivity contribution in [3.05, 3.63) is 56.8 Å². The van der Waals surface area contributed by atoms with Crippen LogP contribution < -0.4 is 0 Å². The predicted molar refractivity (Wildman–Crippen MR) is 76.0 cm³/mol. The Morgan fingerprint density at radius 1 is 1.16 bits per heavy atom. The number of alkyl halides is 4. The van der Waals surface area contributed by atoms with Crippen molar-refractivity contribution in [3.63, 3.8) is 0 Å². The molecule has 1 unspecified atom stereocenters. The highest BCUT2D eigenvalue weighted by atomic mass is 79.9. The second-order valence-electron chi connectivity index (χ2n) is 4.39. The highest BCUT2D eigenvalue weighted by Gasteiger charge is 2.31. The van der Waals surface area contributed by atoms with Gasteiger partial charge in [0.05, 0.1) is 10.4 Å². The fraction of sp³-hybridized carbons (Fsp3) is 0.286. The van der Waals surface area contributed by atoms with E-state index in [1.54, 1.807) is 17.4 Å². The Labute approximate surface area is 122 Å². The Hall–Kier alpha value is -0.810. The van der Waals surface area contributed by atoms with Crippen molar-refractivity contribution in [1.82, 2.24) is 0 Å². The van der Waals surface area contributed by atoms with E-state index in [-0.39, 0.29) is 4.83 Å². The van der Waals surface area contributed by atoms with E-state index in [9.17, 15) is 13.2 Å². The number of benzene rings is 1. The average Bonchev–Trinajstić information content (AvgIpc) is 2.66. The molecular formula is C14H12BrF3S. The lowest BCUT2D eigenvalue weighted by Gasteiger charge is -2.13. The summed E-state index contributed by atoms with van der Waals surface area (Å²) in [6.07, 6.45) is -4.30. The molecule has 5 heteroatoms. The van der Waals surface area contributed by atoms with Crippen molar-refractivity contribution in [2.75, 3.05) is 0 Å².